The van der Waals surface area contributed by atoms with Gasteiger partial charge in [0.1, 0.15) is 5.76 Å². The van der Waals surface area contributed by atoms with Crippen molar-refractivity contribution in [2.75, 3.05) is 4.90 Å². The molecule has 6 nitrogen and oxygen atoms in total. The first-order chi connectivity index (χ1) is 14.9. The molecule has 1 amide bonds. The first-order valence-electron chi connectivity index (χ1n) is 9.33. The average molecular weight is 478 g/mol. The lowest BCUT2D eigenvalue weighted by Gasteiger charge is -2.25. The van der Waals surface area contributed by atoms with Gasteiger partial charge in [-0.25, -0.2) is 4.79 Å². The van der Waals surface area contributed by atoms with E-state index in [4.69, 9.17) is 0 Å². The van der Waals surface area contributed by atoms with Crippen LogP contribution in [0.4, 0.5) is 5.69 Å². The molecule has 1 heterocycles. The molecule has 7 heteroatoms. The number of benzene rings is 3. The number of anilines is 1. The molecule has 3 aromatic carbocycles. The van der Waals surface area contributed by atoms with E-state index in [1.54, 1.807) is 60.7 Å². The molecule has 3 aromatic rings. The molecule has 1 saturated heterocycles. The lowest BCUT2D eigenvalue weighted by atomic mass is 9.95. The smallest absolute Gasteiger partial charge is 0.335 e. The van der Waals surface area contributed by atoms with Crippen LogP contribution in [0, 0.1) is 0 Å². The number of hydrogen-bond donors (Lipinski definition) is 2. The van der Waals surface area contributed by atoms with E-state index in [9.17, 15) is 24.6 Å². The number of nitrogens with zero attached hydrogens (tertiary/aromatic N) is 1. The first kappa shape index (κ1) is 20.6. The van der Waals surface area contributed by atoms with Crippen molar-refractivity contribution in [2.45, 2.75) is 6.04 Å². The Morgan fingerprint density at radius 3 is 2.13 bits per heavy atom. The third kappa shape index (κ3) is 3.75. The number of ketones is 1. The van der Waals surface area contributed by atoms with Gasteiger partial charge >= 0.3 is 5.97 Å². The molecule has 0 aliphatic carbocycles. The first-order valence-corrected chi connectivity index (χ1v) is 10.1. The summed E-state index contributed by atoms with van der Waals surface area (Å²) in [5, 5.41) is 20.3. The van der Waals surface area contributed by atoms with Crippen molar-refractivity contribution < 1.29 is 24.6 Å². The molecule has 154 valence electrons. The molecule has 31 heavy (non-hydrogen) atoms. The highest BCUT2D eigenvalue weighted by Gasteiger charge is 2.47. The number of hydrogen-bond acceptors (Lipinski definition) is 4. The fourth-order valence-electron chi connectivity index (χ4n) is 3.60. The van der Waals surface area contributed by atoms with Crippen molar-refractivity contribution in [1.82, 2.24) is 0 Å². The Morgan fingerprint density at radius 2 is 1.48 bits per heavy atom. The maximum atomic E-state index is 13.1. The third-order valence-corrected chi connectivity index (χ3v) is 5.58. The highest BCUT2D eigenvalue weighted by molar-refractivity contribution is 9.10. The normalized spacial score (nSPS) is 17.7. The summed E-state index contributed by atoms with van der Waals surface area (Å²) in [4.78, 5) is 38.8. The molecule has 1 fully saturated rings. The van der Waals surface area contributed by atoms with Gasteiger partial charge in [0.05, 0.1) is 17.2 Å². The van der Waals surface area contributed by atoms with E-state index in [0.29, 0.717) is 11.1 Å². The number of carbonyl (C=O) groups is 3. The summed E-state index contributed by atoms with van der Waals surface area (Å²) in [6, 6.07) is 20.4. The number of halogens is 1. The number of carboxylic acids is 1. The number of aromatic carboxylic acids is 1. The Kier molecular flexibility index (Phi) is 5.44. The zero-order valence-corrected chi connectivity index (χ0v) is 17.6. The Hall–Kier alpha value is -3.71. The quantitative estimate of drug-likeness (QED) is 0.320. The minimum atomic E-state index is -1.15. The molecule has 0 aromatic heterocycles. The van der Waals surface area contributed by atoms with Gasteiger partial charge in [-0.3, -0.25) is 14.5 Å². The summed E-state index contributed by atoms with van der Waals surface area (Å²) in [6.45, 7) is 0. The average Bonchev–Trinajstić information content (AvgIpc) is 3.05. The monoisotopic (exact) mass is 477 g/mol. The molecule has 1 unspecified atom stereocenters. The topological polar surface area (TPSA) is 94.9 Å². The Morgan fingerprint density at radius 1 is 0.839 bits per heavy atom. The highest BCUT2D eigenvalue weighted by atomic mass is 79.9. The van der Waals surface area contributed by atoms with Crippen LogP contribution in [0.25, 0.3) is 5.76 Å². The maximum Gasteiger partial charge on any atom is 0.335 e. The lowest BCUT2D eigenvalue weighted by molar-refractivity contribution is -0.132. The second-order valence-corrected chi connectivity index (χ2v) is 7.86. The molecule has 2 N–H and O–H groups in total. The van der Waals surface area contributed by atoms with E-state index in [-0.39, 0.29) is 22.6 Å². The molecular formula is C24H16BrNO5. The number of amides is 1. The zero-order chi connectivity index (χ0) is 22.1. The van der Waals surface area contributed by atoms with Crippen molar-refractivity contribution in [3.8, 4) is 0 Å². The van der Waals surface area contributed by atoms with Gasteiger partial charge in [0, 0.05) is 15.7 Å². The maximum absolute atomic E-state index is 13.1. The van der Waals surface area contributed by atoms with Gasteiger partial charge < -0.3 is 10.2 Å². The number of Topliss-reactive ketones (excluding diaryl/α,β-unsaturated/α-hetero) is 1. The number of aliphatic hydroxyl groups is 1. The van der Waals surface area contributed by atoms with E-state index in [2.05, 4.69) is 15.9 Å². The Bertz CT molecular complexity index is 1220. The molecule has 1 aliphatic heterocycles. The minimum Gasteiger partial charge on any atom is -0.507 e. The van der Waals surface area contributed by atoms with Crippen molar-refractivity contribution in [2.24, 2.45) is 0 Å². The number of aliphatic hydroxyl groups excluding tert-OH is 1. The van der Waals surface area contributed by atoms with Gasteiger partial charge in [0.15, 0.2) is 0 Å². The SMILES string of the molecule is O=C1C(=O)N(c2cccc(C(=O)O)c2)C(c2ccc(Br)cc2)/C1=C(/O)c1ccccc1. The molecular weight excluding hydrogens is 462 g/mol. The number of rotatable bonds is 4. The summed E-state index contributed by atoms with van der Waals surface area (Å²) in [5.41, 5.74) is 1.18. The fourth-order valence-corrected chi connectivity index (χ4v) is 3.86. The summed E-state index contributed by atoms with van der Waals surface area (Å²) < 4.78 is 0.809. The van der Waals surface area contributed by atoms with Gasteiger partial charge in [0.25, 0.3) is 11.7 Å². The Balaban J connectivity index is 1.95. The largest absolute Gasteiger partial charge is 0.507 e. The predicted octanol–water partition coefficient (Wildman–Crippen LogP) is 4.77. The van der Waals surface area contributed by atoms with Crippen molar-refractivity contribution in [3.05, 3.63) is 106 Å². The second-order valence-electron chi connectivity index (χ2n) is 6.94. The molecule has 0 bridgehead atoms. The van der Waals surface area contributed by atoms with E-state index in [1.807, 2.05) is 0 Å². The molecule has 1 atom stereocenters. The van der Waals surface area contributed by atoms with Crippen LogP contribution in [0.1, 0.15) is 27.5 Å². The van der Waals surface area contributed by atoms with Crippen molar-refractivity contribution in [3.63, 3.8) is 0 Å². The van der Waals surface area contributed by atoms with Gasteiger partial charge in [-0.1, -0.05) is 64.5 Å². The van der Waals surface area contributed by atoms with Crippen LogP contribution in [0.5, 0.6) is 0 Å². The van der Waals surface area contributed by atoms with Crippen LogP contribution in [0.2, 0.25) is 0 Å². The molecule has 1 aliphatic rings. The zero-order valence-electron chi connectivity index (χ0n) is 16.0. The summed E-state index contributed by atoms with van der Waals surface area (Å²) in [7, 11) is 0. The van der Waals surface area contributed by atoms with Crippen LogP contribution >= 0.6 is 15.9 Å². The van der Waals surface area contributed by atoms with E-state index in [1.165, 1.54) is 23.1 Å². The van der Waals surface area contributed by atoms with Crippen LogP contribution in [0.15, 0.2) is 88.9 Å². The van der Waals surface area contributed by atoms with Gasteiger partial charge in [0.2, 0.25) is 0 Å². The minimum absolute atomic E-state index is 0.0167. The predicted molar refractivity (Wildman–Crippen MR) is 119 cm³/mol. The molecule has 0 radical (unpaired) electrons. The number of carboxylic acid groups (broad SMARTS) is 1. The van der Waals surface area contributed by atoms with E-state index < -0.39 is 23.7 Å². The summed E-state index contributed by atoms with van der Waals surface area (Å²) in [5.74, 6) is -3.12. The highest BCUT2D eigenvalue weighted by Crippen LogP contribution is 2.42. The van der Waals surface area contributed by atoms with Crippen molar-refractivity contribution >= 4 is 45.0 Å². The summed E-state index contributed by atoms with van der Waals surface area (Å²) >= 11 is 3.37. The van der Waals surface area contributed by atoms with Crippen molar-refractivity contribution in [1.29, 1.82) is 0 Å². The Labute approximate surface area is 186 Å². The number of carbonyl (C=O) groups excluding carboxylic acids is 2. The second kappa shape index (κ2) is 8.20. The van der Waals surface area contributed by atoms with Gasteiger partial charge in [-0.2, -0.15) is 0 Å². The van der Waals surface area contributed by atoms with Gasteiger partial charge in [-0.05, 0) is 35.9 Å². The standard InChI is InChI=1S/C24H16BrNO5/c25-17-11-9-14(10-12-17)20-19(21(27)15-5-2-1-3-6-15)22(28)23(29)26(20)18-8-4-7-16(13-18)24(30)31/h1-13,20,27H,(H,30,31)/b21-19-. The van der Waals surface area contributed by atoms with Crippen LogP contribution < -0.4 is 4.90 Å². The molecule has 0 saturated carbocycles. The van der Waals surface area contributed by atoms with Crippen LogP contribution in [-0.2, 0) is 9.59 Å². The van der Waals surface area contributed by atoms with Crippen LogP contribution in [-0.4, -0.2) is 27.9 Å². The lowest BCUT2D eigenvalue weighted by Crippen LogP contribution is -2.29. The van der Waals surface area contributed by atoms with E-state index >= 15 is 0 Å². The van der Waals surface area contributed by atoms with E-state index in [0.717, 1.165) is 4.47 Å². The fraction of sp³-hybridized carbons (Fsp3) is 0.0417. The molecule has 0 spiro atoms. The van der Waals surface area contributed by atoms with Gasteiger partial charge in [-0.15, -0.1) is 0 Å². The molecule has 4 rings (SSSR count). The third-order valence-electron chi connectivity index (χ3n) is 5.05. The van der Waals surface area contributed by atoms with Crippen LogP contribution in [0.3, 0.4) is 0 Å². The summed E-state index contributed by atoms with van der Waals surface area (Å²) in [6.07, 6.45) is 0.